The molecule has 3 atom stereocenters. The second-order valence-corrected chi connectivity index (χ2v) is 5.83. The molecule has 0 saturated heterocycles. The fourth-order valence-corrected chi connectivity index (χ4v) is 3.51. The zero-order chi connectivity index (χ0) is 12.3. The van der Waals surface area contributed by atoms with Gasteiger partial charge in [-0.25, -0.2) is 4.39 Å². The van der Waals surface area contributed by atoms with Gasteiger partial charge in [-0.1, -0.05) is 18.6 Å². The Morgan fingerprint density at radius 2 is 2.00 bits per heavy atom. The first kappa shape index (κ1) is 12.9. The van der Waals surface area contributed by atoms with Crippen molar-refractivity contribution in [1.82, 2.24) is 5.32 Å². The Morgan fingerprint density at radius 3 is 2.65 bits per heavy atom. The maximum absolute atomic E-state index is 12.8. The highest BCUT2D eigenvalue weighted by Crippen LogP contribution is 2.30. The molecular formula is C14H20FNS. The number of benzene rings is 1. The molecule has 1 aromatic rings. The zero-order valence-corrected chi connectivity index (χ0v) is 11.3. The van der Waals surface area contributed by atoms with Gasteiger partial charge in [-0.3, -0.25) is 0 Å². The molecule has 0 aromatic heterocycles. The van der Waals surface area contributed by atoms with Crippen LogP contribution in [0.1, 0.15) is 37.8 Å². The van der Waals surface area contributed by atoms with Crippen LogP contribution in [0, 0.1) is 5.82 Å². The predicted molar refractivity (Wildman–Crippen MR) is 72.9 cm³/mol. The quantitative estimate of drug-likeness (QED) is 0.877. The summed E-state index contributed by atoms with van der Waals surface area (Å²) >= 11 is 1.96. The van der Waals surface area contributed by atoms with Crippen molar-refractivity contribution in [3.8, 4) is 0 Å². The number of nitrogens with one attached hydrogen (secondary N) is 1. The second kappa shape index (κ2) is 5.87. The van der Waals surface area contributed by atoms with Crippen molar-refractivity contribution in [2.75, 3.05) is 6.26 Å². The van der Waals surface area contributed by atoms with Gasteiger partial charge in [0.2, 0.25) is 0 Å². The Bertz CT molecular complexity index is 352. The van der Waals surface area contributed by atoms with E-state index in [-0.39, 0.29) is 5.82 Å². The van der Waals surface area contributed by atoms with Crippen molar-refractivity contribution in [2.24, 2.45) is 0 Å². The van der Waals surface area contributed by atoms with Crippen molar-refractivity contribution in [3.05, 3.63) is 35.6 Å². The lowest BCUT2D eigenvalue weighted by molar-refractivity contribution is 0.467. The van der Waals surface area contributed by atoms with Gasteiger partial charge in [0.15, 0.2) is 0 Å². The van der Waals surface area contributed by atoms with Crippen LogP contribution in [0.15, 0.2) is 24.3 Å². The first-order valence-electron chi connectivity index (χ1n) is 6.25. The van der Waals surface area contributed by atoms with E-state index in [4.69, 9.17) is 0 Å². The van der Waals surface area contributed by atoms with Crippen molar-refractivity contribution in [3.63, 3.8) is 0 Å². The van der Waals surface area contributed by atoms with Crippen molar-refractivity contribution < 1.29 is 4.39 Å². The Balaban J connectivity index is 1.96. The number of thioether (sulfide) groups is 1. The number of halogens is 1. The third-order valence-electron chi connectivity index (χ3n) is 3.59. The standard InChI is InChI=1S/C14H20FNS/c1-10(11-6-8-12(15)9-7-11)16-13-4-3-5-14(13)17-2/h6-10,13-14,16H,3-5H2,1-2H3. The molecule has 0 radical (unpaired) electrons. The highest BCUT2D eigenvalue weighted by Gasteiger charge is 2.27. The summed E-state index contributed by atoms with van der Waals surface area (Å²) in [7, 11) is 0. The second-order valence-electron chi connectivity index (χ2n) is 4.75. The van der Waals surface area contributed by atoms with Gasteiger partial charge in [0.05, 0.1) is 0 Å². The Hall–Kier alpha value is -0.540. The van der Waals surface area contributed by atoms with Gasteiger partial charge in [-0.2, -0.15) is 11.8 Å². The Labute approximate surface area is 107 Å². The molecule has 17 heavy (non-hydrogen) atoms. The van der Waals surface area contributed by atoms with Crippen LogP contribution in [0.5, 0.6) is 0 Å². The molecule has 0 aliphatic heterocycles. The fraction of sp³-hybridized carbons (Fsp3) is 0.571. The van der Waals surface area contributed by atoms with E-state index in [1.54, 1.807) is 0 Å². The minimum atomic E-state index is -0.163. The number of hydrogen-bond acceptors (Lipinski definition) is 2. The summed E-state index contributed by atoms with van der Waals surface area (Å²) < 4.78 is 12.8. The SMILES string of the molecule is CSC1CCCC1NC(C)c1ccc(F)cc1. The molecular weight excluding hydrogens is 233 g/mol. The van der Waals surface area contributed by atoms with E-state index in [2.05, 4.69) is 18.5 Å². The van der Waals surface area contributed by atoms with Crippen molar-refractivity contribution in [1.29, 1.82) is 0 Å². The third-order valence-corrected chi connectivity index (χ3v) is 4.76. The zero-order valence-electron chi connectivity index (χ0n) is 10.4. The fourth-order valence-electron chi connectivity index (χ4n) is 2.57. The number of hydrogen-bond donors (Lipinski definition) is 1. The van der Waals surface area contributed by atoms with E-state index >= 15 is 0 Å². The summed E-state index contributed by atoms with van der Waals surface area (Å²) in [5, 5.41) is 4.41. The van der Waals surface area contributed by atoms with E-state index in [1.165, 1.54) is 31.4 Å². The lowest BCUT2D eigenvalue weighted by atomic mass is 10.1. The molecule has 3 unspecified atom stereocenters. The molecule has 1 nitrogen and oxygen atoms in total. The van der Waals surface area contributed by atoms with E-state index < -0.39 is 0 Å². The average Bonchev–Trinajstić information content (AvgIpc) is 2.77. The molecule has 1 fully saturated rings. The van der Waals surface area contributed by atoms with E-state index in [0.717, 1.165) is 10.8 Å². The van der Waals surface area contributed by atoms with E-state index in [1.807, 2.05) is 23.9 Å². The summed E-state index contributed by atoms with van der Waals surface area (Å²) in [5.41, 5.74) is 1.16. The van der Waals surface area contributed by atoms with Crippen LogP contribution in [0.2, 0.25) is 0 Å². The van der Waals surface area contributed by atoms with E-state index in [9.17, 15) is 4.39 Å². The van der Waals surface area contributed by atoms with Crippen LogP contribution in [-0.4, -0.2) is 17.5 Å². The van der Waals surface area contributed by atoms with Gasteiger partial charge in [0, 0.05) is 17.3 Å². The van der Waals surface area contributed by atoms with Crippen LogP contribution >= 0.6 is 11.8 Å². The first-order valence-corrected chi connectivity index (χ1v) is 7.54. The molecule has 1 N–H and O–H groups in total. The van der Waals surface area contributed by atoms with Crippen LogP contribution in [0.3, 0.4) is 0 Å². The monoisotopic (exact) mass is 253 g/mol. The van der Waals surface area contributed by atoms with Crippen molar-refractivity contribution in [2.45, 2.75) is 43.5 Å². The van der Waals surface area contributed by atoms with Gasteiger partial charge in [0.1, 0.15) is 5.82 Å². The molecule has 2 rings (SSSR count). The van der Waals surface area contributed by atoms with Gasteiger partial charge < -0.3 is 5.32 Å². The van der Waals surface area contributed by atoms with Crippen LogP contribution in [-0.2, 0) is 0 Å². The minimum Gasteiger partial charge on any atom is -0.306 e. The summed E-state index contributed by atoms with van der Waals surface area (Å²) in [5.74, 6) is -0.163. The molecule has 1 aromatic carbocycles. The van der Waals surface area contributed by atoms with Gasteiger partial charge in [0.25, 0.3) is 0 Å². The topological polar surface area (TPSA) is 12.0 Å². The molecule has 1 aliphatic carbocycles. The molecule has 1 aliphatic rings. The van der Waals surface area contributed by atoms with Gasteiger partial charge >= 0.3 is 0 Å². The highest BCUT2D eigenvalue weighted by atomic mass is 32.2. The lowest BCUT2D eigenvalue weighted by Gasteiger charge is -2.24. The normalized spacial score (nSPS) is 26.1. The highest BCUT2D eigenvalue weighted by molar-refractivity contribution is 7.99. The average molecular weight is 253 g/mol. The van der Waals surface area contributed by atoms with Gasteiger partial charge in [-0.15, -0.1) is 0 Å². The summed E-state index contributed by atoms with van der Waals surface area (Å²) in [4.78, 5) is 0. The van der Waals surface area contributed by atoms with Crippen LogP contribution < -0.4 is 5.32 Å². The summed E-state index contributed by atoms with van der Waals surface area (Å²) in [6.07, 6.45) is 6.08. The predicted octanol–water partition coefficient (Wildman–Crippen LogP) is 3.76. The molecule has 94 valence electrons. The molecule has 0 heterocycles. The van der Waals surface area contributed by atoms with Crippen LogP contribution in [0.4, 0.5) is 4.39 Å². The summed E-state index contributed by atoms with van der Waals surface area (Å²) in [6.45, 7) is 2.16. The number of rotatable bonds is 4. The van der Waals surface area contributed by atoms with Crippen LogP contribution in [0.25, 0.3) is 0 Å². The lowest BCUT2D eigenvalue weighted by Crippen LogP contribution is -2.35. The minimum absolute atomic E-state index is 0.163. The Kier molecular flexibility index (Phi) is 4.46. The van der Waals surface area contributed by atoms with Gasteiger partial charge in [-0.05, 0) is 43.7 Å². The van der Waals surface area contributed by atoms with Crippen molar-refractivity contribution >= 4 is 11.8 Å². The maximum atomic E-state index is 12.8. The smallest absolute Gasteiger partial charge is 0.123 e. The molecule has 3 heteroatoms. The largest absolute Gasteiger partial charge is 0.306 e. The maximum Gasteiger partial charge on any atom is 0.123 e. The first-order chi connectivity index (χ1) is 8.20. The molecule has 0 amide bonds. The molecule has 0 spiro atoms. The molecule has 0 bridgehead atoms. The summed E-state index contributed by atoms with van der Waals surface area (Å²) in [6, 6.07) is 7.72. The Morgan fingerprint density at radius 1 is 1.29 bits per heavy atom. The van der Waals surface area contributed by atoms with E-state index in [0.29, 0.717) is 12.1 Å². The molecule has 1 saturated carbocycles. The third kappa shape index (κ3) is 3.23.